The smallest absolute Gasteiger partial charge is 0.150 e. The second-order valence-electron chi connectivity index (χ2n) is 5.88. The third kappa shape index (κ3) is 2.82. The summed E-state index contributed by atoms with van der Waals surface area (Å²) in [7, 11) is 0. The lowest BCUT2D eigenvalue weighted by molar-refractivity contribution is 0.0268. The second-order valence-corrected chi connectivity index (χ2v) is 6.80. The Labute approximate surface area is 138 Å². The molecule has 1 atom stereocenters. The molecule has 1 aliphatic rings. The molecule has 0 aromatic carbocycles. The van der Waals surface area contributed by atoms with Crippen molar-refractivity contribution in [2.75, 3.05) is 24.6 Å². The van der Waals surface area contributed by atoms with Crippen molar-refractivity contribution in [2.24, 2.45) is 0 Å². The molecule has 0 aliphatic carbocycles. The third-order valence-corrected chi connectivity index (χ3v) is 5.04. The lowest BCUT2D eigenvalue weighted by atomic mass is 10.2. The van der Waals surface area contributed by atoms with Gasteiger partial charge in [0.1, 0.15) is 12.1 Å². The van der Waals surface area contributed by atoms with E-state index in [4.69, 9.17) is 4.74 Å². The minimum atomic E-state index is 0.117. The van der Waals surface area contributed by atoms with Crippen molar-refractivity contribution in [3.8, 4) is 0 Å². The molecule has 6 nitrogen and oxygen atoms in total. The van der Waals surface area contributed by atoms with E-state index < -0.39 is 0 Å². The highest BCUT2D eigenvalue weighted by atomic mass is 32.1. The van der Waals surface area contributed by atoms with Crippen molar-refractivity contribution >= 4 is 27.4 Å². The Morgan fingerprint density at radius 3 is 3.09 bits per heavy atom. The Kier molecular flexibility index (Phi) is 3.74. The van der Waals surface area contributed by atoms with Crippen molar-refractivity contribution < 1.29 is 4.74 Å². The number of anilines is 1. The molecule has 0 N–H and O–H groups in total. The number of fused-ring (bicyclic) bond motifs is 1. The molecule has 0 saturated carbocycles. The Bertz CT molecular complexity index is 827. The minimum Gasteiger partial charge on any atom is -0.373 e. The number of aromatic nitrogens is 4. The SMILES string of the molecule is Cc1cc(C)n(C[C@@H]2CN(c3ncnc4ccsc34)CCO2)n1. The van der Waals surface area contributed by atoms with E-state index in [9.17, 15) is 0 Å². The van der Waals surface area contributed by atoms with Gasteiger partial charge in [0.05, 0.1) is 35.2 Å². The van der Waals surface area contributed by atoms with E-state index in [2.05, 4.69) is 38.3 Å². The van der Waals surface area contributed by atoms with Gasteiger partial charge in [-0.15, -0.1) is 11.3 Å². The monoisotopic (exact) mass is 329 g/mol. The topological polar surface area (TPSA) is 56.1 Å². The largest absolute Gasteiger partial charge is 0.373 e. The first-order valence-electron chi connectivity index (χ1n) is 7.76. The molecule has 0 bridgehead atoms. The maximum atomic E-state index is 5.95. The fourth-order valence-corrected chi connectivity index (χ4v) is 3.94. The van der Waals surface area contributed by atoms with Crippen LogP contribution < -0.4 is 4.90 Å². The predicted molar refractivity (Wildman–Crippen MR) is 91.1 cm³/mol. The molecule has 1 saturated heterocycles. The quantitative estimate of drug-likeness (QED) is 0.738. The molecule has 23 heavy (non-hydrogen) atoms. The first kappa shape index (κ1) is 14.6. The molecule has 0 unspecified atom stereocenters. The summed E-state index contributed by atoms with van der Waals surface area (Å²) >= 11 is 1.69. The normalized spacial score (nSPS) is 18.7. The van der Waals surface area contributed by atoms with Crippen LogP contribution in [0.1, 0.15) is 11.4 Å². The molecular weight excluding hydrogens is 310 g/mol. The van der Waals surface area contributed by atoms with Gasteiger partial charge in [-0.05, 0) is 31.4 Å². The van der Waals surface area contributed by atoms with Gasteiger partial charge in [0.25, 0.3) is 0 Å². The number of aryl methyl sites for hydroxylation is 2. The number of hydrogen-bond donors (Lipinski definition) is 0. The zero-order valence-corrected chi connectivity index (χ0v) is 14.1. The Balaban J connectivity index is 1.55. The number of ether oxygens (including phenoxy) is 1. The minimum absolute atomic E-state index is 0.117. The fraction of sp³-hybridized carbons (Fsp3) is 0.438. The van der Waals surface area contributed by atoms with Gasteiger partial charge in [-0.25, -0.2) is 9.97 Å². The molecule has 4 heterocycles. The highest BCUT2D eigenvalue weighted by Crippen LogP contribution is 2.29. The summed E-state index contributed by atoms with van der Waals surface area (Å²) in [5, 5.41) is 6.60. The molecule has 1 aliphatic heterocycles. The maximum absolute atomic E-state index is 5.95. The highest BCUT2D eigenvalue weighted by molar-refractivity contribution is 7.17. The van der Waals surface area contributed by atoms with E-state index in [1.54, 1.807) is 17.7 Å². The van der Waals surface area contributed by atoms with E-state index in [1.165, 1.54) is 5.69 Å². The van der Waals surface area contributed by atoms with Gasteiger partial charge in [-0.2, -0.15) is 5.10 Å². The highest BCUT2D eigenvalue weighted by Gasteiger charge is 2.24. The standard InChI is InChI=1S/C16H19N5OS/c1-11-7-12(2)21(19-11)9-13-8-20(4-5-22-13)16-15-14(3-6-23-15)17-10-18-16/h3,6-7,10,13H,4-5,8-9H2,1-2H3/t13-/m0/s1. The molecular formula is C16H19N5OS. The summed E-state index contributed by atoms with van der Waals surface area (Å²) in [6.07, 6.45) is 1.77. The van der Waals surface area contributed by atoms with Crippen molar-refractivity contribution in [2.45, 2.75) is 26.5 Å². The first-order chi connectivity index (χ1) is 11.2. The average Bonchev–Trinajstić information content (AvgIpc) is 3.14. The van der Waals surface area contributed by atoms with Gasteiger partial charge >= 0.3 is 0 Å². The van der Waals surface area contributed by atoms with Crippen LogP contribution in [0.2, 0.25) is 0 Å². The van der Waals surface area contributed by atoms with Gasteiger partial charge in [0.15, 0.2) is 0 Å². The molecule has 3 aromatic heterocycles. The number of morpholine rings is 1. The van der Waals surface area contributed by atoms with Crippen LogP contribution in [-0.2, 0) is 11.3 Å². The average molecular weight is 329 g/mol. The summed E-state index contributed by atoms with van der Waals surface area (Å²) < 4.78 is 9.13. The Morgan fingerprint density at radius 1 is 1.35 bits per heavy atom. The number of thiophene rings is 1. The van der Waals surface area contributed by atoms with Crippen LogP contribution in [-0.4, -0.2) is 45.5 Å². The lowest BCUT2D eigenvalue weighted by Crippen LogP contribution is -2.45. The van der Waals surface area contributed by atoms with Crippen molar-refractivity contribution in [3.63, 3.8) is 0 Å². The van der Waals surface area contributed by atoms with E-state index in [1.807, 2.05) is 17.7 Å². The van der Waals surface area contributed by atoms with Crippen molar-refractivity contribution in [3.05, 3.63) is 35.2 Å². The van der Waals surface area contributed by atoms with Crippen LogP contribution in [0, 0.1) is 13.8 Å². The molecule has 1 fully saturated rings. The first-order valence-corrected chi connectivity index (χ1v) is 8.64. The van der Waals surface area contributed by atoms with Crippen molar-refractivity contribution in [1.82, 2.24) is 19.7 Å². The van der Waals surface area contributed by atoms with E-state index in [0.29, 0.717) is 6.61 Å². The summed E-state index contributed by atoms with van der Waals surface area (Å²) in [6.45, 7) is 7.27. The third-order valence-electron chi connectivity index (χ3n) is 4.14. The van der Waals surface area contributed by atoms with E-state index in [-0.39, 0.29) is 6.10 Å². The molecule has 0 spiro atoms. The maximum Gasteiger partial charge on any atom is 0.150 e. The fourth-order valence-electron chi connectivity index (χ4n) is 3.08. The van der Waals surface area contributed by atoms with Gasteiger partial charge in [0.2, 0.25) is 0 Å². The zero-order chi connectivity index (χ0) is 15.8. The molecule has 3 aromatic rings. The molecule has 4 rings (SSSR count). The van der Waals surface area contributed by atoms with Crippen LogP contribution in [0.3, 0.4) is 0 Å². The van der Waals surface area contributed by atoms with Gasteiger partial charge in [-0.1, -0.05) is 0 Å². The summed E-state index contributed by atoms with van der Waals surface area (Å²) in [5.74, 6) is 1.02. The van der Waals surface area contributed by atoms with E-state index in [0.717, 1.165) is 41.4 Å². The number of hydrogen-bond acceptors (Lipinski definition) is 6. The Hall–Kier alpha value is -1.99. The number of rotatable bonds is 3. The van der Waals surface area contributed by atoms with Crippen LogP contribution in [0.5, 0.6) is 0 Å². The van der Waals surface area contributed by atoms with Gasteiger partial charge in [0, 0.05) is 18.8 Å². The molecule has 120 valence electrons. The van der Waals surface area contributed by atoms with Crippen LogP contribution in [0.4, 0.5) is 5.82 Å². The van der Waals surface area contributed by atoms with Crippen LogP contribution in [0.25, 0.3) is 10.2 Å². The lowest BCUT2D eigenvalue weighted by Gasteiger charge is -2.34. The van der Waals surface area contributed by atoms with Gasteiger partial charge < -0.3 is 9.64 Å². The summed E-state index contributed by atoms with van der Waals surface area (Å²) in [5.41, 5.74) is 3.23. The van der Waals surface area contributed by atoms with Gasteiger partial charge in [-0.3, -0.25) is 4.68 Å². The Morgan fingerprint density at radius 2 is 2.26 bits per heavy atom. The zero-order valence-electron chi connectivity index (χ0n) is 13.3. The summed E-state index contributed by atoms with van der Waals surface area (Å²) in [6, 6.07) is 4.14. The van der Waals surface area contributed by atoms with E-state index >= 15 is 0 Å². The van der Waals surface area contributed by atoms with Crippen LogP contribution in [0.15, 0.2) is 23.8 Å². The van der Waals surface area contributed by atoms with Crippen molar-refractivity contribution in [1.29, 1.82) is 0 Å². The molecule has 0 amide bonds. The predicted octanol–water partition coefficient (Wildman–Crippen LogP) is 2.41. The second kappa shape index (κ2) is 5.90. The number of nitrogens with zero attached hydrogens (tertiary/aromatic N) is 5. The van der Waals surface area contributed by atoms with Crippen LogP contribution >= 0.6 is 11.3 Å². The molecule has 7 heteroatoms. The summed E-state index contributed by atoms with van der Waals surface area (Å²) in [4.78, 5) is 11.1. The molecule has 0 radical (unpaired) electrons.